The molecule has 4 nitrogen and oxygen atoms in total. The molecular weight excluding hydrogens is 743 g/mol. The lowest BCUT2D eigenvalue weighted by Gasteiger charge is -2.14. The molecule has 4 heterocycles. The van der Waals surface area contributed by atoms with Gasteiger partial charge >= 0.3 is 0 Å². The van der Waals surface area contributed by atoms with E-state index in [-0.39, 0.29) is 5.56 Å². The Morgan fingerprint density at radius 1 is 0.279 bits per heavy atom. The lowest BCUT2D eigenvalue weighted by atomic mass is 9.96. The summed E-state index contributed by atoms with van der Waals surface area (Å²) in [7, 11) is 0. The zero-order chi connectivity index (χ0) is 39.9. The van der Waals surface area contributed by atoms with Gasteiger partial charge in [-0.15, -0.1) is 0 Å². The van der Waals surface area contributed by atoms with Crippen LogP contribution in [0.2, 0.25) is 0 Å². The maximum atomic E-state index is 14.0. The minimum absolute atomic E-state index is 0.0301. The van der Waals surface area contributed by atoms with Crippen LogP contribution in [0.5, 0.6) is 0 Å². The van der Waals surface area contributed by atoms with E-state index in [1.165, 1.54) is 65.2 Å². The van der Waals surface area contributed by atoms with Crippen molar-refractivity contribution < 1.29 is 0 Å². The maximum Gasteiger partial charge on any atom is 0.263 e. The Morgan fingerprint density at radius 3 is 1.54 bits per heavy atom. The van der Waals surface area contributed by atoms with E-state index in [4.69, 9.17) is 0 Å². The monoisotopic (exact) mass is 775 g/mol. The normalized spacial score (nSPS) is 12.3. The van der Waals surface area contributed by atoms with Crippen molar-refractivity contribution in [3.05, 3.63) is 211 Å². The highest BCUT2D eigenvalue weighted by Gasteiger charge is 2.22. The van der Waals surface area contributed by atoms with Crippen LogP contribution in [-0.2, 0) is 0 Å². The molecule has 0 radical (unpaired) electrons. The molecule has 0 atom stereocenters. The number of aromatic nitrogens is 3. The van der Waals surface area contributed by atoms with E-state index < -0.39 is 0 Å². The first kappa shape index (κ1) is 32.7. The molecule has 0 aliphatic rings. The van der Waals surface area contributed by atoms with Crippen LogP contribution in [0.25, 0.3) is 126 Å². The molecule has 4 heteroatoms. The number of fused-ring (bicyclic) bond motifs is 15. The van der Waals surface area contributed by atoms with Crippen LogP contribution >= 0.6 is 0 Å². The quantitative estimate of drug-likeness (QED) is 0.164. The van der Waals surface area contributed by atoms with Crippen molar-refractivity contribution in [2.24, 2.45) is 0 Å². The summed E-state index contributed by atoms with van der Waals surface area (Å²) in [6.45, 7) is 0. The van der Waals surface area contributed by atoms with E-state index in [1.807, 2.05) is 22.6 Å². The average Bonchev–Trinajstić information content (AvgIpc) is 3.97. The van der Waals surface area contributed by atoms with Crippen LogP contribution < -0.4 is 5.56 Å². The molecule has 61 heavy (non-hydrogen) atoms. The Hall–Kier alpha value is -8.21. The van der Waals surface area contributed by atoms with Gasteiger partial charge in [-0.25, -0.2) is 0 Å². The van der Waals surface area contributed by atoms with Gasteiger partial charge in [0.25, 0.3) is 5.56 Å². The lowest BCUT2D eigenvalue weighted by molar-refractivity contribution is 1.15. The SMILES string of the molecule is O=c1c2ccccc2c2cccc3c4cc(-c5ccc6ccc7cc(-n8c9ccccc9c9ccc%10c%11ccccc%11n(-c%11ccccc%11)c%10c98)ccc7c6c5)ccc4n1c23. The van der Waals surface area contributed by atoms with Gasteiger partial charge in [0.1, 0.15) is 0 Å². The van der Waals surface area contributed by atoms with Gasteiger partial charge < -0.3 is 9.13 Å². The molecule has 14 aromatic rings. The van der Waals surface area contributed by atoms with Gasteiger partial charge in [0.05, 0.1) is 33.1 Å². The summed E-state index contributed by atoms with van der Waals surface area (Å²) in [6, 6.07) is 72.1. The molecule has 0 spiro atoms. The highest BCUT2D eigenvalue weighted by Crippen LogP contribution is 2.43. The molecule has 282 valence electrons. The van der Waals surface area contributed by atoms with Crippen LogP contribution in [0.3, 0.4) is 0 Å². The molecule has 0 saturated carbocycles. The third kappa shape index (κ3) is 4.35. The van der Waals surface area contributed by atoms with Crippen molar-refractivity contribution >= 4 is 103 Å². The minimum Gasteiger partial charge on any atom is -0.307 e. The second-order valence-corrected chi connectivity index (χ2v) is 16.4. The summed E-state index contributed by atoms with van der Waals surface area (Å²) in [5.41, 5.74) is 11.3. The van der Waals surface area contributed by atoms with Crippen molar-refractivity contribution in [1.29, 1.82) is 0 Å². The second-order valence-electron chi connectivity index (χ2n) is 16.4. The van der Waals surface area contributed by atoms with Gasteiger partial charge in [0, 0.05) is 54.5 Å². The zero-order valence-corrected chi connectivity index (χ0v) is 32.8. The Balaban J connectivity index is 0.981. The first-order valence-corrected chi connectivity index (χ1v) is 20.9. The van der Waals surface area contributed by atoms with E-state index in [0.717, 1.165) is 60.5 Å². The number of rotatable bonds is 3. The smallest absolute Gasteiger partial charge is 0.263 e. The highest BCUT2D eigenvalue weighted by atomic mass is 16.1. The van der Waals surface area contributed by atoms with Gasteiger partial charge in [0.2, 0.25) is 0 Å². The molecule has 0 unspecified atom stereocenters. The summed E-state index contributed by atoms with van der Waals surface area (Å²) in [5.74, 6) is 0. The first-order chi connectivity index (χ1) is 30.2. The van der Waals surface area contributed by atoms with Crippen LogP contribution in [0.1, 0.15) is 0 Å². The van der Waals surface area contributed by atoms with Crippen molar-refractivity contribution in [3.8, 4) is 22.5 Å². The van der Waals surface area contributed by atoms with E-state index >= 15 is 0 Å². The standard InChI is InChI=1S/C57H33N3O/c61-57-48-16-5-4-13-41(48)44-17-10-18-45-50-33-36(25-30-53(50)60(57)54(44)45)35-23-21-34-22-24-37-31-39(26-27-40(37)49(34)32-35)59-52-20-9-7-15-43(52)47-29-28-46-42-14-6-8-19-51(42)58(55(46)56(47)59)38-11-2-1-3-12-38/h1-33H. The summed E-state index contributed by atoms with van der Waals surface area (Å²) in [5, 5.41) is 14.8. The van der Waals surface area contributed by atoms with E-state index in [0.29, 0.717) is 0 Å². The van der Waals surface area contributed by atoms with Crippen LogP contribution in [-0.4, -0.2) is 13.5 Å². The number of hydrogen-bond donors (Lipinski definition) is 0. The Labute approximate surface area is 348 Å². The first-order valence-electron chi connectivity index (χ1n) is 20.9. The van der Waals surface area contributed by atoms with E-state index in [9.17, 15) is 4.79 Å². The Morgan fingerprint density at radius 2 is 0.803 bits per heavy atom. The van der Waals surface area contributed by atoms with Crippen LogP contribution in [0.15, 0.2) is 205 Å². The predicted octanol–water partition coefficient (Wildman–Crippen LogP) is 14.4. The average molecular weight is 776 g/mol. The molecular formula is C57H33N3O. The molecule has 0 bridgehead atoms. The van der Waals surface area contributed by atoms with Crippen LogP contribution in [0.4, 0.5) is 0 Å². The molecule has 10 aromatic carbocycles. The minimum atomic E-state index is 0.0301. The number of para-hydroxylation sites is 4. The molecule has 0 fully saturated rings. The van der Waals surface area contributed by atoms with Gasteiger partial charge in [-0.2, -0.15) is 0 Å². The number of nitrogens with zero attached hydrogens (tertiary/aromatic N) is 3. The van der Waals surface area contributed by atoms with Gasteiger partial charge in [-0.1, -0.05) is 140 Å². The molecule has 14 rings (SSSR count). The van der Waals surface area contributed by atoms with Gasteiger partial charge in [0.15, 0.2) is 0 Å². The van der Waals surface area contributed by atoms with Gasteiger partial charge in [-0.05, 0) is 98.7 Å². The van der Waals surface area contributed by atoms with Crippen molar-refractivity contribution in [2.75, 3.05) is 0 Å². The maximum absolute atomic E-state index is 14.0. The summed E-state index contributed by atoms with van der Waals surface area (Å²) >= 11 is 0. The summed E-state index contributed by atoms with van der Waals surface area (Å²) < 4.78 is 6.83. The van der Waals surface area contributed by atoms with E-state index in [1.54, 1.807) is 0 Å². The Kier molecular flexibility index (Phi) is 6.40. The fourth-order valence-corrected chi connectivity index (χ4v) is 10.7. The molecule has 4 aromatic heterocycles. The highest BCUT2D eigenvalue weighted by molar-refractivity contribution is 6.24. The third-order valence-corrected chi connectivity index (χ3v) is 13.3. The molecule has 0 N–H and O–H groups in total. The largest absolute Gasteiger partial charge is 0.307 e. The fourth-order valence-electron chi connectivity index (χ4n) is 10.7. The van der Waals surface area contributed by atoms with Crippen molar-refractivity contribution in [1.82, 2.24) is 13.5 Å². The molecule has 0 aliphatic heterocycles. The molecule has 0 amide bonds. The Bertz CT molecular complexity index is 4240. The topological polar surface area (TPSA) is 31.3 Å². The number of hydrogen-bond acceptors (Lipinski definition) is 1. The molecule has 0 aliphatic carbocycles. The second kappa shape index (κ2) is 11.9. The van der Waals surface area contributed by atoms with Crippen molar-refractivity contribution in [2.45, 2.75) is 0 Å². The summed E-state index contributed by atoms with van der Waals surface area (Å²) in [6.07, 6.45) is 0. The van der Waals surface area contributed by atoms with Crippen molar-refractivity contribution in [3.63, 3.8) is 0 Å². The van der Waals surface area contributed by atoms with Gasteiger partial charge in [-0.3, -0.25) is 9.20 Å². The third-order valence-electron chi connectivity index (χ3n) is 13.3. The lowest BCUT2D eigenvalue weighted by Crippen LogP contribution is -2.12. The van der Waals surface area contributed by atoms with E-state index in [2.05, 4.69) is 191 Å². The number of benzene rings is 10. The summed E-state index contributed by atoms with van der Waals surface area (Å²) in [4.78, 5) is 14.0. The molecule has 0 saturated heterocycles. The zero-order valence-electron chi connectivity index (χ0n) is 32.8. The van der Waals surface area contributed by atoms with Crippen LogP contribution in [0, 0.1) is 0 Å². The number of pyridine rings is 1. The predicted molar refractivity (Wildman–Crippen MR) is 256 cm³/mol. The fraction of sp³-hybridized carbons (Fsp3) is 0.